The maximum absolute atomic E-state index is 12.7. The summed E-state index contributed by atoms with van der Waals surface area (Å²) >= 11 is 6.02. The second kappa shape index (κ2) is 6.96. The standard InChI is InChI=1S/C14H20ClNO4S/c1-19-10-11-4-3-7-16(9-11)21(17,18)12-5-6-14(20-2)13(15)8-12/h5-6,8,11H,3-4,7,9-10H2,1-2H3. The van der Waals surface area contributed by atoms with Crippen molar-refractivity contribution in [2.75, 3.05) is 33.9 Å². The number of methoxy groups -OCH3 is 2. The average molecular weight is 334 g/mol. The normalized spacial score (nSPS) is 20.4. The van der Waals surface area contributed by atoms with Crippen LogP contribution in [0.25, 0.3) is 0 Å². The molecule has 118 valence electrons. The highest BCUT2D eigenvalue weighted by molar-refractivity contribution is 7.89. The summed E-state index contributed by atoms with van der Waals surface area (Å²) in [4.78, 5) is 0.200. The van der Waals surface area contributed by atoms with E-state index in [9.17, 15) is 8.42 Å². The lowest BCUT2D eigenvalue weighted by molar-refractivity contribution is 0.118. The largest absolute Gasteiger partial charge is 0.495 e. The van der Waals surface area contributed by atoms with E-state index in [1.165, 1.54) is 23.5 Å². The maximum Gasteiger partial charge on any atom is 0.243 e. The fourth-order valence-corrected chi connectivity index (χ4v) is 4.48. The fraction of sp³-hybridized carbons (Fsp3) is 0.571. The first-order valence-corrected chi connectivity index (χ1v) is 8.63. The summed E-state index contributed by atoms with van der Waals surface area (Å²) in [6, 6.07) is 4.54. The van der Waals surface area contributed by atoms with Crippen LogP contribution < -0.4 is 4.74 Å². The molecule has 0 bridgehead atoms. The average Bonchev–Trinajstić information content (AvgIpc) is 2.48. The number of halogens is 1. The minimum absolute atomic E-state index is 0.200. The molecular weight excluding hydrogens is 314 g/mol. The second-order valence-electron chi connectivity index (χ2n) is 5.12. The summed E-state index contributed by atoms with van der Waals surface area (Å²) < 4.78 is 37.0. The van der Waals surface area contributed by atoms with Crippen LogP contribution in [-0.2, 0) is 14.8 Å². The molecule has 0 saturated carbocycles. The van der Waals surface area contributed by atoms with Crippen molar-refractivity contribution in [1.29, 1.82) is 0 Å². The second-order valence-corrected chi connectivity index (χ2v) is 7.47. The molecule has 1 aliphatic rings. The topological polar surface area (TPSA) is 55.8 Å². The summed E-state index contributed by atoms with van der Waals surface area (Å²) in [5, 5.41) is 0.295. The highest BCUT2D eigenvalue weighted by Crippen LogP contribution is 2.30. The zero-order valence-corrected chi connectivity index (χ0v) is 13.8. The Morgan fingerprint density at radius 2 is 2.14 bits per heavy atom. The Balaban J connectivity index is 2.23. The molecule has 0 amide bonds. The summed E-state index contributed by atoms with van der Waals surface area (Å²) in [5.41, 5.74) is 0. The summed E-state index contributed by atoms with van der Waals surface area (Å²) in [7, 11) is -0.392. The number of hydrogen-bond acceptors (Lipinski definition) is 4. The van der Waals surface area contributed by atoms with Crippen molar-refractivity contribution in [3.8, 4) is 5.75 Å². The van der Waals surface area contributed by atoms with E-state index in [1.807, 2.05) is 0 Å². The van der Waals surface area contributed by atoms with Gasteiger partial charge in [0.25, 0.3) is 0 Å². The van der Waals surface area contributed by atoms with Crippen LogP contribution in [0.1, 0.15) is 12.8 Å². The van der Waals surface area contributed by atoms with Gasteiger partial charge in [-0.3, -0.25) is 0 Å². The van der Waals surface area contributed by atoms with Crippen LogP contribution in [0.2, 0.25) is 5.02 Å². The minimum atomic E-state index is -3.52. The number of hydrogen-bond donors (Lipinski definition) is 0. The summed E-state index contributed by atoms with van der Waals surface area (Å²) in [5.74, 6) is 0.707. The molecule has 1 heterocycles. The Kier molecular flexibility index (Phi) is 5.48. The first-order valence-electron chi connectivity index (χ1n) is 6.81. The van der Waals surface area contributed by atoms with Crippen molar-refractivity contribution in [2.45, 2.75) is 17.7 Å². The number of sulfonamides is 1. The first kappa shape index (κ1) is 16.5. The van der Waals surface area contributed by atoms with Crippen LogP contribution >= 0.6 is 11.6 Å². The summed E-state index contributed by atoms with van der Waals surface area (Å²) in [6.45, 7) is 1.60. The predicted octanol–water partition coefficient (Wildman–Crippen LogP) is 2.40. The van der Waals surface area contributed by atoms with Gasteiger partial charge in [-0.15, -0.1) is 0 Å². The minimum Gasteiger partial charge on any atom is -0.495 e. The Labute approximate surface area is 130 Å². The molecule has 1 saturated heterocycles. The van der Waals surface area contributed by atoms with Gasteiger partial charge < -0.3 is 9.47 Å². The van der Waals surface area contributed by atoms with Crippen molar-refractivity contribution in [3.63, 3.8) is 0 Å². The molecule has 1 aliphatic heterocycles. The van der Waals surface area contributed by atoms with Crippen LogP contribution in [0.4, 0.5) is 0 Å². The monoisotopic (exact) mass is 333 g/mol. The Morgan fingerprint density at radius 3 is 2.76 bits per heavy atom. The zero-order chi connectivity index (χ0) is 15.5. The lowest BCUT2D eigenvalue weighted by Gasteiger charge is -2.31. The highest BCUT2D eigenvalue weighted by Gasteiger charge is 2.30. The van der Waals surface area contributed by atoms with Crippen LogP contribution in [0, 0.1) is 5.92 Å². The number of nitrogens with zero attached hydrogens (tertiary/aromatic N) is 1. The molecule has 0 N–H and O–H groups in total. The molecule has 0 radical (unpaired) electrons. The van der Waals surface area contributed by atoms with Gasteiger partial charge in [0.15, 0.2) is 0 Å². The molecule has 1 atom stereocenters. The van der Waals surface area contributed by atoms with Gasteiger partial charge in [0.2, 0.25) is 10.0 Å². The van der Waals surface area contributed by atoms with Gasteiger partial charge in [0.05, 0.1) is 23.6 Å². The molecule has 1 unspecified atom stereocenters. The van der Waals surface area contributed by atoms with Gasteiger partial charge >= 0.3 is 0 Å². The van der Waals surface area contributed by atoms with Gasteiger partial charge in [-0.25, -0.2) is 8.42 Å². The molecule has 1 aromatic carbocycles. The van der Waals surface area contributed by atoms with Gasteiger partial charge in [-0.1, -0.05) is 11.6 Å². The molecule has 21 heavy (non-hydrogen) atoms. The van der Waals surface area contributed by atoms with Gasteiger partial charge in [0, 0.05) is 20.2 Å². The lowest BCUT2D eigenvalue weighted by Crippen LogP contribution is -2.41. The maximum atomic E-state index is 12.7. The van der Waals surface area contributed by atoms with Gasteiger partial charge in [0.1, 0.15) is 5.75 Å². The van der Waals surface area contributed by atoms with E-state index in [1.54, 1.807) is 13.2 Å². The number of rotatable bonds is 5. The van der Waals surface area contributed by atoms with Crippen LogP contribution in [0.15, 0.2) is 23.1 Å². The third kappa shape index (κ3) is 3.69. The third-order valence-corrected chi connectivity index (χ3v) is 5.80. The van der Waals surface area contributed by atoms with E-state index in [-0.39, 0.29) is 10.8 Å². The molecule has 0 aromatic heterocycles. The van der Waals surface area contributed by atoms with Crippen molar-refractivity contribution in [2.24, 2.45) is 5.92 Å². The highest BCUT2D eigenvalue weighted by atomic mass is 35.5. The number of ether oxygens (including phenoxy) is 2. The Hall–Kier alpha value is -0.820. The molecule has 0 spiro atoms. The number of benzene rings is 1. The van der Waals surface area contributed by atoms with Crippen molar-refractivity contribution in [3.05, 3.63) is 23.2 Å². The fourth-order valence-electron chi connectivity index (χ4n) is 2.57. The lowest BCUT2D eigenvalue weighted by atomic mass is 10.0. The van der Waals surface area contributed by atoms with Gasteiger partial charge in [-0.05, 0) is 37.0 Å². The molecule has 5 nitrogen and oxygen atoms in total. The van der Waals surface area contributed by atoms with Gasteiger partial charge in [-0.2, -0.15) is 4.31 Å². The summed E-state index contributed by atoms with van der Waals surface area (Å²) in [6.07, 6.45) is 1.83. The van der Waals surface area contributed by atoms with Crippen LogP contribution in [-0.4, -0.2) is 46.6 Å². The van der Waals surface area contributed by atoms with Crippen molar-refractivity contribution in [1.82, 2.24) is 4.31 Å². The number of piperidine rings is 1. The van der Waals surface area contributed by atoms with E-state index >= 15 is 0 Å². The predicted molar refractivity (Wildman–Crippen MR) is 81.4 cm³/mol. The molecule has 1 aromatic rings. The van der Waals surface area contributed by atoms with E-state index in [4.69, 9.17) is 21.1 Å². The molecule has 7 heteroatoms. The van der Waals surface area contributed by atoms with E-state index < -0.39 is 10.0 Å². The molecule has 1 fully saturated rings. The van der Waals surface area contributed by atoms with Crippen LogP contribution in [0.3, 0.4) is 0 Å². The van der Waals surface area contributed by atoms with Crippen molar-refractivity contribution < 1.29 is 17.9 Å². The molecule has 0 aliphatic carbocycles. The quantitative estimate of drug-likeness (QED) is 0.830. The Bertz CT molecular complexity index is 589. The zero-order valence-electron chi connectivity index (χ0n) is 12.2. The van der Waals surface area contributed by atoms with E-state index in [0.717, 1.165) is 12.8 Å². The first-order chi connectivity index (χ1) is 9.98. The van der Waals surface area contributed by atoms with Crippen molar-refractivity contribution >= 4 is 21.6 Å². The smallest absolute Gasteiger partial charge is 0.243 e. The molecular formula is C14H20ClNO4S. The van der Waals surface area contributed by atoms with E-state index in [2.05, 4.69) is 0 Å². The SMILES string of the molecule is COCC1CCCN(S(=O)(=O)c2ccc(OC)c(Cl)c2)C1. The molecule has 2 rings (SSSR count). The van der Waals surface area contributed by atoms with E-state index in [0.29, 0.717) is 30.5 Å². The Morgan fingerprint density at radius 1 is 1.38 bits per heavy atom. The third-order valence-electron chi connectivity index (χ3n) is 3.65. The van der Waals surface area contributed by atoms with Crippen LogP contribution in [0.5, 0.6) is 5.75 Å².